The molecule has 4 heteroatoms. The van der Waals surface area contributed by atoms with Crippen molar-refractivity contribution in [1.29, 1.82) is 0 Å². The summed E-state index contributed by atoms with van der Waals surface area (Å²) < 4.78 is 5.60. The summed E-state index contributed by atoms with van der Waals surface area (Å²) in [5, 5.41) is 3.38. The molecule has 108 valence electrons. The summed E-state index contributed by atoms with van der Waals surface area (Å²) in [7, 11) is 4.15. The molecule has 0 fully saturated rings. The monoisotopic (exact) mass is 265 g/mol. The van der Waals surface area contributed by atoms with Crippen molar-refractivity contribution in [2.45, 2.75) is 39.5 Å². The summed E-state index contributed by atoms with van der Waals surface area (Å²) in [6.07, 6.45) is 2.98. The Balaban J connectivity index is 2.20. The fourth-order valence-electron chi connectivity index (χ4n) is 1.63. The second-order valence-electron chi connectivity index (χ2n) is 5.40. The third kappa shape index (κ3) is 7.93. The Kier molecular flexibility index (Phi) is 7.63. The molecule has 1 aromatic rings. The first-order valence-corrected chi connectivity index (χ1v) is 6.97. The molecule has 0 aliphatic carbocycles. The van der Waals surface area contributed by atoms with Gasteiger partial charge in [-0.2, -0.15) is 0 Å². The molecule has 4 nitrogen and oxygen atoms in total. The van der Waals surface area contributed by atoms with Crippen LogP contribution in [-0.4, -0.2) is 43.2 Å². The Morgan fingerprint density at radius 2 is 2.11 bits per heavy atom. The number of nitrogens with one attached hydrogen (secondary N) is 1. The van der Waals surface area contributed by atoms with Gasteiger partial charge in [0.05, 0.1) is 12.3 Å². The molecule has 0 radical (unpaired) electrons. The van der Waals surface area contributed by atoms with E-state index >= 15 is 0 Å². The number of hydrogen-bond acceptors (Lipinski definition) is 4. The highest BCUT2D eigenvalue weighted by atomic mass is 16.5. The van der Waals surface area contributed by atoms with E-state index in [2.05, 4.69) is 49.2 Å². The molecule has 0 atom stereocenters. The molecule has 0 bridgehead atoms. The molecule has 19 heavy (non-hydrogen) atoms. The van der Waals surface area contributed by atoms with E-state index in [0.29, 0.717) is 12.6 Å². The number of hydrogen-bond donors (Lipinski definition) is 1. The Labute approximate surface area is 117 Å². The third-order valence-electron chi connectivity index (χ3n) is 2.74. The third-order valence-corrected chi connectivity index (χ3v) is 2.74. The highest BCUT2D eigenvalue weighted by Gasteiger charge is 1.98. The summed E-state index contributed by atoms with van der Waals surface area (Å²) in [4.78, 5) is 6.58. The van der Waals surface area contributed by atoms with Crippen LogP contribution in [0, 0.1) is 0 Å². The maximum Gasteiger partial charge on any atom is 0.0887 e. The molecule has 0 spiro atoms. The largest absolute Gasteiger partial charge is 0.375 e. The highest BCUT2D eigenvalue weighted by molar-refractivity contribution is 5.13. The zero-order valence-corrected chi connectivity index (χ0v) is 12.6. The molecule has 0 aliphatic heterocycles. The van der Waals surface area contributed by atoms with Crippen LogP contribution < -0.4 is 5.32 Å². The molecule has 0 saturated carbocycles. The van der Waals surface area contributed by atoms with Crippen molar-refractivity contribution in [1.82, 2.24) is 15.2 Å². The smallest absolute Gasteiger partial charge is 0.0887 e. The SMILES string of the molecule is CC(C)NCc1ccc(COCCCN(C)C)nc1. The van der Waals surface area contributed by atoms with Crippen LogP contribution in [0.25, 0.3) is 0 Å². The number of rotatable bonds is 9. The molecule has 1 heterocycles. The van der Waals surface area contributed by atoms with Crippen molar-refractivity contribution in [2.75, 3.05) is 27.2 Å². The molecule has 0 saturated heterocycles. The van der Waals surface area contributed by atoms with Gasteiger partial charge in [0.25, 0.3) is 0 Å². The first-order valence-electron chi connectivity index (χ1n) is 6.97. The van der Waals surface area contributed by atoms with Gasteiger partial charge in [0.1, 0.15) is 0 Å². The van der Waals surface area contributed by atoms with Gasteiger partial charge in [-0.05, 0) is 38.7 Å². The van der Waals surface area contributed by atoms with Gasteiger partial charge in [0, 0.05) is 25.4 Å². The van der Waals surface area contributed by atoms with Crippen molar-refractivity contribution >= 4 is 0 Å². The van der Waals surface area contributed by atoms with Crippen molar-refractivity contribution in [2.24, 2.45) is 0 Å². The Morgan fingerprint density at radius 1 is 1.32 bits per heavy atom. The molecule has 1 aromatic heterocycles. The lowest BCUT2D eigenvalue weighted by atomic mass is 10.2. The van der Waals surface area contributed by atoms with E-state index in [1.807, 2.05) is 12.3 Å². The molecule has 0 aliphatic rings. The number of ether oxygens (including phenoxy) is 1. The summed E-state index contributed by atoms with van der Waals surface area (Å²) >= 11 is 0. The van der Waals surface area contributed by atoms with Gasteiger partial charge in [-0.15, -0.1) is 0 Å². The lowest BCUT2D eigenvalue weighted by Crippen LogP contribution is -2.21. The molecule has 0 unspecified atom stereocenters. The Hall–Kier alpha value is -0.970. The van der Waals surface area contributed by atoms with E-state index in [-0.39, 0.29) is 0 Å². The number of aromatic nitrogens is 1. The normalized spacial score (nSPS) is 11.5. The minimum absolute atomic E-state index is 0.500. The van der Waals surface area contributed by atoms with Gasteiger partial charge >= 0.3 is 0 Å². The van der Waals surface area contributed by atoms with Gasteiger partial charge in [-0.3, -0.25) is 4.98 Å². The van der Waals surface area contributed by atoms with Crippen LogP contribution in [0.1, 0.15) is 31.5 Å². The van der Waals surface area contributed by atoms with Crippen LogP contribution in [0.15, 0.2) is 18.3 Å². The van der Waals surface area contributed by atoms with Crippen LogP contribution in [-0.2, 0) is 17.9 Å². The molecular formula is C15H27N3O. The summed E-state index contributed by atoms with van der Waals surface area (Å²) in [5.74, 6) is 0. The summed E-state index contributed by atoms with van der Waals surface area (Å²) in [6, 6.07) is 4.66. The average molecular weight is 265 g/mol. The Bertz CT molecular complexity index is 336. The van der Waals surface area contributed by atoms with Crippen LogP contribution in [0.4, 0.5) is 0 Å². The van der Waals surface area contributed by atoms with E-state index in [1.165, 1.54) is 5.56 Å². The average Bonchev–Trinajstić information content (AvgIpc) is 2.37. The van der Waals surface area contributed by atoms with E-state index < -0.39 is 0 Å². The topological polar surface area (TPSA) is 37.4 Å². The van der Waals surface area contributed by atoms with Crippen LogP contribution in [0.2, 0.25) is 0 Å². The molecule has 1 rings (SSSR count). The maximum absolute atomic E-state index is 5.60. The van der Waals surface area contributed by atoms with Crippen molar-refractivity contribution in [3.8, 4) is 0 Å². The van der Waals surface area contributed by atoms with Crippen molar-refractivity contribution < 1.29 is 4.74 Å². The van der Waals surface area contributed by atoms with Gasteiger partial charge in [-0.1, -0.05) is 19.9 Å². The van der Waals surface area contributed by atoms with Crippen molar-refractivity contribution in [3.05, 3.63) is 29.6 Å². The van der Waals surface area contributed by atoms with Crippen LogP contribution in [0.5, 0.6) is 0 Å². The number of nitrogens with zero attached hydrogens (tertiary/aromatic N) is 2. The van der Waals surface area contributed by atoms with Gasteiger partial charge in [-0.25, -0.2) is 0 Å². The lowest BCUT2D eigenvalue weighted by molar-refractivity contribution is 0.110. The van der Waals surface area contributed by atoms with Gasteiger partial charge in [0.2, 0.25) is 0 Å². The van der Waals surface area contributed by atoms with Gasteiger partial charge < -0.3 is 15.0 Å². The molecule has 1 N–H and O–H groups in total. The minimum Gasteiger partial charge on any atom is -0.375 e. The fraction of sp³-hybridized carbons (Fsp3) is 0.667. The molecule has 0 aromatic carbocycles. The quantitative estimate of drug-likeness (QED) is 0.693. The van der Waals surface area contributed by atoms with E-state index in [0.717, 1.165) is 31.8 Å². The van der Waals surface area contributed by atoms with E-state index in [9.17, 15) is 0 Å². The van der Waals surface area contributed by atoms with Crippen molar-refractivity contribution in [3.63, 3.8) is 0 Å². The van der Waals surface area contributed by atoms with Gasteiger partial charge in [0.15, 0.2) is 0 Å². The molecule has 0 amide bonds. The van der Waals surface area contributed by atoms with Crippen LogP contribution >= 0.6 is 0 Å². The lowest BCUT2D eigenvalue weighted by Gasteiger charge is -2.10. The first kappa shape index (κ1) is 16.1. The van der Waals surface area contributed by atoms with Crippen LogP contribution in [0.3, 0.4) is 0 Å². The zero-order valence-electron chi connectivity index (χ0n) is 12.6. The zero-order chi connectivity index (χ0) is 14.1. The summed E-state index contributed by atoms with van der Waals surface area (Å²) in [6.45, 7) is 7.61. The Morgan fingerprint density at radius 3 is 2.68 bits per heavy atom. The highest BCUT2D eigenvalue weighted by Crippen LogP contribution is 2.02. The second-order valence-corrected chi connectivity index (χ2v) is 5.40. The summed E-state index contributed by atoms with van der Waals surface area (Å²) in [5.41, 5.74) is 2.21. The predicted octanol–water partition coefficient (Wildman–Crippen LogP) is 2.05. The number of pyridine rings is 1. The molecular weight excluding hydrogens is 238 g/mol. The first-order chi connectivity index (χ1) is 9.08. The fourth-order valence-corrected chi connectivity index (χ4v) is 1.63. The maximum atomic E-state index is 5.60. The standard InChI is InChI=1S/C15H27N3O/c1-13(2)16-10-14-6-7-15(17-11-14)12-19-9-5-8-18(3)4/h6-7,11,13,16H,5,8-10,12H2,1-4H3. The van der Waals surface area contributed by atoms with E-state index in [1.54, 1.807) is 0 Å². The minimum atomic E-state index is 0.500. The second kappa shape index (κ2) is 9.02. The predicted molar refractivity (Wildman–Crippen MR) is 79.0 cm³/mol. The van der Waals surface area contributed by atoms with E-state index in [4.69, 9.17) is 4.74 Å².